The summed E-state index contributed by atoms with van der Waals surface area (Å²) >= 11 is 6.24. The van der Waals surface area contributed by atoms with E-state index in [1.807, 2.05) is 27.8 Å². The normalized spacial score (nSPS) is 13.2. The summed E-state index contributed by atoms with van der Waals surface area (Å²) < 4.78 is 12.9. The maximum Gasteiger partial charge on any atom is 0.174 e. The third-order valence-corrected chi connectivity index (χ3v) is 3.37. The van der Waals surface area contributed by atoms with Crippen LogP contribution in [0.25, 0.3) is 0 Å². The number of nitrogens with zero attached hydrogens (tertiary/aromatic N) is 2. The van der Waals surface area contributed by atoms with Gasteiger partial charge in [-0.2, -0.15) is 5.10 Å². The van der Waals surface area contributed by atoms with Crippen molar-refractivity contribution in [1.82, 2.24) is 15.2 Å². The summed E-state index contributed by atoms with van der Waals surface area (Å²) in [6.07, 6.45) is 0.170. The van der Waals surface area contributed by atoms with Crippen LogP contribution >= 0.6 is 11.6 Å². The van der Waals surface area contributed by atoms with Gasteiger partial charge in [-0.3, -0.25) is 16.0 Å². The molecule has 0 saturated heterocycles. The van der Waals surface area contributed by atoms with Crippen molar-refractivity contribution in [2.75, 3.05) is 13.2 Å². The predicted molar refractivity (Wildman–Crippen MR) is 74.8 cm³/mol. The lowest BCUT2D eigenvalue weighted by atomic mass is 10.1. The van der Waals surface area contributed by atoms with E-state index in [-0.39, 0.29) is 6.04 Å². The second-order valence-corrected chi connectivity index (χ2v) is 4.60. The van der Waals surface area contributed by atoms with E-state index in [1.54, 1.807) is 4.68 Å². The first-order chi connectivity index (χ1) is 9.04. The maximum absolute atomic E-state index is 6.24. The largest absolute Gasteiger partial charge is 0.351 e. The Balaban J connectivity index is 2.84. The smallest absolute Gasteiger partial charge is 0.174 e. The van der Waals surface area contributed by atoms with Crippen molar-refractivity contribution in [3.05, 3.63) is 16.4 Å². The van der Waals surface area contributed by atoms with Gasteiger partial charge in [-0.25, -0.2) is 0 Å². The third kappa shape index (κ3) is 4.15. The fourth-order valence-corrected chi connectivity index (χ4v) is 2.19. The highest BCUT2D eigenvalue weighted by atomic mass is 35.5. The fraction of sp³-hybridized carbons (Fsp3) is 0.750. The van der Waals surface area contributed by atoms with E-state index in [2.05, 4.69) is 10.5 Å². The molecule has 6 nitrogen and oxygen atoms in total. The zero-order chi connectivity index (χ0) is 14.4. The van der Waals surface area contributed by atoms with Crippen LogP contribution in [0.4, 0.5) is 0 Å². The van der Waals surface area contributed by atoms with Crippen LogP contribution in [0.15, 0.2) is 0 Å². The Hall–Kier alpha value is -0.660. The highest BCUT2D eigenvalue weighted by molar-refractivity contribution is 6.31. The summed E-state index contributed by atoms with van der Waals surface area (Å²) in [5.41, 5.74) is 4.45. The molecule has 0 aliphatic carbocycles. The number of aryl methyl sites for hydroxylation is 2. The number of hydrogen-bond acceptors (Lipinski definition) is 5. The molecule has 0 saturated carbocycles. The van der Waals surface area contributed by atoms with Gasteiger partial charge in [0.25, 0.3) is 0 Å². The average molecular weight is 291 g/mol. The van der Waals surface area contributed by atoms with Crippen molar-refractivity contribution < 1.29 is 9.47 Å². The molecule has 0 radical (unpaired) electrons. The molecule has 1 unspecified atom stereocenters. The van der Waals surface area contributed by atoms with Crippen LogP contribution in [0.3, 0.4) is 0 Å². The van der Waals surface area contributed by atoms with Crippen LogP contribution in [0, 0.1) is 6.92 Å². The molecule has 0 aromatic carbocycles. The summed E-state index contributed by atoms with van der Waals surface area (Å²) in [6.45, 7) is 6.82. The number of ether oxygens (including phenoxy) is 2. The lowest BCUT2D eigenvalue weighted by Crippen LogP contribution is -2.48. The molecular formula is C12H23ClN4O2. The number of halogens is 1. The van der Waals surface area contributed by atoms with Crippen LogP contribution in [0.1, 0.15) is 25.2 Å². The summed E-state index contributed by atoms with van der Waals surface area (Å²) in [7, 11) is 1.86. The minimum atomic E-state index is -0.411. The first-order valence-electron chi connectivity index (χ1n) is 6.42. The lowest BCUT2D eigenvalue weighted by molar-refractivity contribution is -0.154. The molecule has 1 heterocycles. The Morgan fingerprint density at radius 1 is 1.37 bits per heavy atom. The van der Waals surface area contributed by atoms with Crippen LogP contribution in [0.2, 0.25) is 5.02 Å². The molecule has 1 rings (SSSR count). The van der Waals surface area contributed by atoms with Crippen molar-refractivity contribution in [3.8, 4) is 0 Å². The molecule has 0 bridgehead atoms. The van der Waals surface area contributed by atoms with Crippen molar-refractivity contribution in [1.29, 1.82) is 0 Å². The molecule has 0 aliphatic rings. The predicted octanol–water partition coefficient (Wildman–Crippen LogP) is 1.16. The highest BCUT2D eigenvalue weighted by Gasteiger charge is 2.24. The van der Waals surface area contributed by atoms with Crippen molar-refractivity contribution >= 4 is 11.6 Å². The number of nitrogens with one attached hydrogen (secondary N) is 1. The van der Waals surface area contributed by atoms with E-state index in [0.717, 1.165) is 11.4 Å². The highest BCUT2D eigenvalue weighted by Crippen LogP contribution is 2.21. The van der Waals surface area contributed by atoms with E-state index >= 15 is 0 Å². The molecule has 19 heavy (non-hydrogen) atoms. The summed E-state index contributed by atoms with van der Waals surface area (Å²) in [4.78, 5) is 0. The molecule has 0 aliphatic heterocycles. The Kier molecular flexibility index (Phi) is 6.74. The lowest BCUT2D eigenvalue weighted by Gasteiger charge is -2.26. The van der Waals surface area contributed by atoms with Crippen LogP contribution in [-0.2, 0) is 22.9 Å². The average Bonchev–Trinajstić information content (AvgIpc) is 2.61. The number of nitrogens with two attached hydrogens (primary N) is 1. The topological polar surface area (TPSA) is 74.3 Å². The second kappa shape index (κ2) is 7.81. The van der Waals surface area contributed by atoms with E-state index < -0.39 is 6.29 Å². The van der Waals surface area contributed by atoms with E-state index in [4.69, 9.17) is 26.9 Å². The minimum Gasteiger partial charge on any atom is -0.351 e. The number of rotatable bonds is 8. The molecule has 110 valence electrons. The van der Waals surface area contributed by atoms with Gasteiger partial charge in [-0.1, -0.05) is 11.6 Å². The number of aromatic nitrogens is 2. The minimum absolute atomic E-state index is 0.188. The van der Waals surface area contributed by atoms with Crippen LogP contribution in [0.5, 0.6) is 0 Å². The number of hydrazine groups is 1. The first kappa shape index (κ1) is 16.4. The van der Waals surface area contributed by atoms with Gasteiger partial charge < -0.3 is 9.47 Å². The van der Waals surface area contributed by atoms with Crippen molar-refractivity contribution in [2.45, 2.75) is 39.5 Å². The van der Waals surface area contributed by atoms with Gasteiger partial charge in [0.15, 0.2) is 6.29 Å². The molecular weight excluding hydrogens is 268 g/mol. The van der Waals surface area contributed by atoms with E-state index in [9.17, 15) is 0 Å². The number of hydrogen-bond donors (Lipinski definition) is 2. The van der Waals surface area contributed by atoms with Gasteiger partial charge in [-0.15, -0.1) is 0 Å². The fourth-order valence-electron chi connectivity index (χ4n) is 1.95. The third-order valence-electron chi connectivity index (χ3n) is 2.88. The monoisotopic (exact) mass is 290 g/mol. The Labute approximate surface area is 119 Å². The molecule has 0 spiro atoms. The van der Waals surface area contributed by atoms with Gasteiger partial charge in [0.1, 0.15) is 0 Å². The van der Waals surface area contributed by atoms with Crippen LogP contribution in [-0.4, -0.2) is 35.3 Å². The van der Waals surface area contributed by atoms with Crippen LogP contribution < -0.4 is 11.3 Å². The molecule has 7 heteroatoms. The molecule has 0 fully saturated rings. The van der Waals surface area contributed by atoms with Crippen molar-refractivity contribution in [2.24, 2.45) is 12.9 Å². The first-order valence-corrected chi connectivity index (χ1v) is 6.80. The Bertz CT molecular complexity index is 391. The molecule has 1 aromatic heterocycles. The molecule has 1 aromatic rings. The summed E-state index contributed by atoms with van der Waals surface area (Å²) in [5, 5.41) is 4.95. The summed E-state index contributed by atoms with van der Waals surface area (Å²) in [5.74, 6) is 5.61. The van der Waals surface area contributed by atoms with Gasteiger partial charge in [0.2, 0.25) is 0 Å². The van der Waals surface area contributed by atoms with E-state index in [1.165, 1.54) is 0 Å². The zero-order valence-electron chi connectivity index (χ0n) is 11.9. The maximum atomic E-state index is 6.24. The summed E-state index contributed by atoms with van der Waals surface area (Å²) in [6, 6.07) is -0.188. The van der Waals surface area contributed by atoms with Gasteiger partial charge in [0, 0.05) is 26.7 Å². The van der Waals surface area contributed by atoms with Gasteiger partial charge >= 0.3 is 0 Å². The standard InChI is InChI=1S/C12H23ClN4O2/c1-5-18-12(19-6-2)9(15-14)7-10-11(13)8(3)16-17(10)4/h9,12,15H,5-7,14H2,1-4H3. The van der Waals surface area contributed by atoms with E-state index in [0.29, 0.717) is 24.7 Å². The quantitative estimate of drug-likeness (QED) is 0.427. The second-order valence-electron chi connectivity index (χ2n) is 4.23. The molecule has 1 atom stereocenters. The van der Waals surface area contributed by atoms with Gasteiger partial charge in [-0.05, 0) is 20.8 Å². The van der Waals surface area contributed by atoms with Gasteiger partial charge in [0.05, 0.1) is 22.5 Å². The SMILES string of the molecule is CCOC(OCC)C(Cc1c(Cl)c(C)nn1C)NN. The molecule has 3 N–H and O–H groups in total. The van der Waals surface area contributed by atoms with Crippen molar-refractivity contribution in [3.63, 3.8) is 0 Å². The zero-order valence-corrected chi connectivity index (χ0v) is 12.7. The Morgan fingerprint density at radius 3 is 2.32 bits per heavy atom. The molecule has 0 amide bonds. The Morgan fingerprint density at radius 2 is 1.95 bits per heavy atom.